The van der Waals surface area contributed by atoms with Crippen LogP contribution in [0.4, 0.5) is 0 Å². The molecule has 2 N–H and O–H groups in total. The molecule has 1 aliphatic rings. The smallest absolute Gasteiger partial charge is 0.371 e. The van der Waals surface area contributed by atoms with E-state index in [-0.39, 0.29) is 36.6 Å². The van der Waals surface area contributed by atoms with Crippen molar-refractivity contribution in [3.63, 3.8) is 0 Å². The maximum Gasteiger partial charge on any atom is 0.371 e. The number of aromatic carboxylic acids is 1. The molecule has 0 spiro atoms. The predicted octanol–water partition coefficient (Wildman–Crippen LogP) is 2.56. The summed E-state index contributed by atoms with van der Waals surface area (Å²) in [6.07, 6.45) is 3.63. The van der Waals surface area contributed by atoms with Gasteiger partial charge < -0.3 is 19.7 Å². The van der Waals surface area contributed by atoms with Crippen LogP contribution in [0.15, 0.2) is 47.0 Å². The summed E-state index contributed by atoms with van der Waals surface area (Å²) in [5, 5.41) is 11.5. The van der Waals surface area contributed by atoms with Gasteiger partial charge in [-0.15, -0.1) is 0 Å². The van der Waals surface area contributed by atoms with E-state index in [1.807, 2.05) is 30.3 Å². The lowest BCUT2D eigenvalue weighted by atomic mass is 9.93. The first-order valence-electron chi connectivity index (χ1n) is 8.10. The molecule has 0 aliphatic carbocycles. The summed E-state index contributed by atoms with van der Waals surface area (Å²) in [6.45, 7) is 1.54. The summed E-state index contributed by atoms with van der Waals surface area (Å²) < 4.78 is 5.11. The Morgan fingerprint density at radius 3 is 2.65 bits per heavy atom. The first-order chi connectivity index (χ1) is 12.5. The second kappa shape index (κ2) is 7.26. The van der Waals surface area contributed by atoms with E-state index in [0.717, 1.165) is 11.1 Å². The van der Waals surface area contributed by atoms with Crippen molar-refractivity contribution < 1.29 is 23.9 Å². The van der Waals surface area contributed by atoms with Crippen molar-refractivity contribution in [1.29, 1.82) is 0 Å². The first kappa shape index (κ1) is 17.5. The maximum absolute atomic E-state index is 12.4. The van der Waals surface area contributed by atoms with Crippen LogP contribution in [-0.2, 0) is 16.1 Å². The van der Waals surface area contributed by atoms with E-state index in [2.05, 4.69) is 5.32 Å². The molecule has 1 atom stereocenters. The molecule has 1 aromatic carbocycles. The van der Waals surface area contributed by atoms with Gasteiger partial charge in [0.1, 0.15) is 5.76 Å². The van der Waals surface area contributed by atoms with E-state index in [1.165, 1.54) is 24.0 Å². The Kier molecular flexibility index (Phi) is 4.88. The van der Waals surface area contributed by atoms with Crippen molar-refractivity contribution in [3.05, 3.63) is 65.2 Å². The lowest BCUT2D eigenvalue weighted by Crippen LogP contribution is -2.35. The number of nitrogens with zero attached hydrogens (tertiary/aromatic N) is 1. The summed E-state index contributed by atoms with van der Waals surface area (Å²) in [5.41, 5.74) is 1.88. The van der Waals surface area contributed by atoms with Crippen LogP contribution in [0.2, 0.25) is 0 Å². The molecule has 1 unspecified atom stereocenters. The lowest BCUT2D eigenvalue weighted by Gasteiger charge is -2.32. The van der Waals surface area contributed by atoms with E-state index in [0.29, 0.717) is 5.76 Å². The molecular weight excluding hydrogens is 336 g/mol. The standard InChI is InChI=1S/C19H18N2O5/c1-12(22)21-9-8-13-4-2-3-5-15(13)16(21)10-18(23)20-11-14-6-7-17(26-14)19(24)25/h2-9,16H,10-11H2,1H3,(H,20,23)(H,24,25). The number of nitrogens with one attached hydrogen (secondary N) is 1. The van der Waals surface area contributed by atoms with Gasteiger partial charge in [-0.3, -0.25) is 9.59 Å². The zero-order valence-corrected chi connectivity index (χ0v) is 14.1. The zero-order chi connectivity index (χ0) is 18.7. The number of carboxylic acids is 1. The number of hydrogen-bond donors (Lipinski definition) is 2. The molecule has 0 radical (unpaired) electrons. The second-order valence-corrected chi connectivity index (χ2v) is 5.94. The third kappa shape index (κ3) is 3.66. The molecule has 2 amide bonds. The third-order valence-corrected chi connectivity index (χ3v) is 4.18. The maximum atomic E-state index is 12.4. The Bertz CT molecular complexity index is 884. The molecule has 1 aromatic heterocycles. The summed E-state index contributed by atoms with van der Waals surface area (Å²) in [4.78, 5) is 36.6. The van der Waals surface area contributed by atoms with Gasteiger partial charge in [0.25, 0.3) is 0 Å². The number of carbonyl (C=O) groups is 3. The molecule has 0 saturated heterocycles. The minimum atomic E-state index is -1.16. The van der Waals surface area contributed by atoms with E-state index < -0.39 is 5.97 Å². The van der Waals surface area contributed by atoms with Crippen molar-refractivity contribution in [2.45, 2.75) is 25.9 Å². The monoisotopic (exact) mass is 354 g/mol. The molecule has 7 heteroatoms. The highest BCUT2D eigenvalue weighted by atomic mass is 16.4. The van der Waals surface area contributed by atoms with Crippen LogP contribution in [-0.4, -0.2) is 27.8 Å². The fourth-order valence-electron chi connectivity index (χ4n) is 2.93. The molecule has 7 nitrogen and oxygen atoms in total. The predicted molar refractivity (Wildman–Crippen MR) is 92.9 cm³/mol. The van der Waals surface area contributed by atoms with Crippen LogP contribution in [0.1, 0.15) is 46.8 Å². The molecule has 134 valence electrons. The van der Waals surface area contributed by atoms with Gasteiger partial charge in [-0.2, -0.15) is 0 Å². The molecule has 0 fully saturated rings. The number of carbonyl (C=O) groups excluding carboxylic acids is 2. The van der Waals surface area contributed by atoms with Gasteiger partial charge in [0.15, 0.2) is 0 Å². The normalized spacial score (nSPS) is 15.4. The lowest BCUT2D eigenvalue weighted by molar-refractivity contribution is -0.130. The molecule has 0 saturated carbocycles. The number of furan rings is 1. The number of benzene rings is 1. The summed E-state index contributed by atoms with van der Waals surface area (Å²) in [5.74, 6) is -1.40. The average Bonchev–Trinajstić information content (AvgIpc) is 3.09. The van der Waals surface area contributed by atoms with Gasteiger partial charge >= 0.3 is 5.97 Å². The largest absolute Gasteiger partial charge is 0.475 e. The first-order valence-corrected chi connectivity index (χ1v) is 8.10. The number of amides is 2. The van der Waals surface area contributed by atoms with Crippen LogP contribution in [0, 0.1) is 0 Å². The van der Waals surface area contributed by atoms with Crippen LogP contribution >= 0.6 is 0 Å². The molecule has 2 heterocycles. The summed E-state index contributed by atoms with van der Waals surface area (Å²) in [6, 6.07) is 10.1. The fourth-order valence-corrected chi connectivity index (χ4v) is 2.93. The number of fused-ring (bicyclic) bond motifs is 1. The zero-order valence-electron chi connectivity index (χ0n) is 14.1. The third-order valence-electron chi connectivity index (χ3n) is 4.18. The topological polar surface area (TPSA) is 99.9 Å². The van der Waals surface area contributed by atoms with Crippen LogP contribution in [0.25, 0.3) is 6.08 Å². The Labute approximate surface area is 149 Å². The Morgan fingerprint density at radius 2 is 1.96 bits per heavy atom. The number of carboxylic acid groups (broad SMARTS) is 1. The molecule has 26 heavy (non-hydrogen) atoms. The second-order valence-electron chi connectivity index (χ2n) is 5.94. The van der Waals surface area contributed by atoms with Crippen molar-refractivity contribution in [3.8, 4) is 0 Å². The Hall–Kier alpha value is -3.35. The van der Waals surface area contributed by atoms with Crippen molar-refractivity contribution >= 4 is 23.9 Å². The molecule has 1 aliphatic heterocycles. The minimum absolute atomic E-state index is 0.0798. The number of hydrogen-bond acceptors (Lipinski definition) is 4. The SMILES string of the molecule is CC(=O)N1C=Cc2ccccc2C1CC(=O)NCc1ccc(C(=O)O)o1. The molecule has 0 bridgehead atoms. The van der Waals surface area contributed by atoms with E-state index >= 15 is 0 Å². The van der Waals surface area contributed by atoms with Crippen molar-refractivity contribution in [2.75, 3.05) is 0 Å². The van der Waals surface area contributed by atoms with E-state index in [9.17, 15) is 14.4 Å². The highest BCUT2D eigenvalue weighted by Crippen LogP contribution is 2.32. The molecular formula is C19H18N2O5. The highest BCUT2D eigenvalue weighted by Gasteiger charge is 2.28. The Balaban J connectivity index is 1.69. The Morgan fingerprint density at radius 1 is 1.19 bits per heavy atom. The molecule has 3 rings (SSSR count). The van der Waals surface area contributed by atoms with Gasteiger partial charge in [-0.25, -0.2) is 4.79 Å². The van der Waals surface area contributed by atoms with Gasteiger partial charge in [0.2, 0.25) is 17.6 Å². The summed E-state index contributed by atoms with van der Waals surface area (Å²) >= 11 is 0. The van der Waals surface area contributed by atoms with Gasteiger partial charge in [0, 0.05) is 13.1 Å². The number of rotatable bonds is 5. The van der Waals surface area contributed by atoms with E-state index in [1.54, 1.807) is 6.20 Å². The average molecular weight is 354 g/mol. The van der Waals surface area contributed by atoms with Crippen LogP contribution < -0.4 is 5.32 Å². The van der Waals surface area contributed by atoms with Crippen LogP contribution in [0.3, 0.4) is 0 Å². The van der Waals surface area contributed by atoms with Crippen LogP contribution in [0.5, 0.6) is 0 Å². The summed E-state index contributed by atoms with van der Waals surface area (Å²) in [7, 11) is 0. The highest BCUT2D eigenvalue weighted by molar-refractivity contribution is 5.84. The van der Waals surface area contributed by atoms with Gasteiger partial charge in [-0.1, -0.05) is 24.3 Å². The molecule has 2 aromatic rings. The fraction of sp³-hybridized carbons (Fsp3) is 0.211. The van der Waals surface area contributed by atoms with Crippen molar-refractivity contribution in [2.24, 2.45) is 0 Å². The van der Waals surface area contributed by atoms with Gasteiger partial charge in [-0.05, 0) is 29.3 Å². The van der Waals surface area contributed by atoms with Gasteiger partial charge in [0.05, 0.1) is 19.0 Å². The van der Waals surface area contributed by atoms with E-state index in [4.69, 9.17) is 9.52 Å². The van der Waals surface area contributed by atoms with Crippen molar-refractivity contribution in [1.82, 2.24) is 10.2 Å². The minimum Gasteiger partial charge on any atom is -0.475 e. The quantitative estimate of drug-likeness (QED) is 0.859.